The van der Waals surface area contributed by atoms with Gasteiger partial charge in [0.2, 0.25) is 10.0 Å². The molecule has 0 bridgehead atoms. The van der Waals surface area contributed by atoms with Crippen LogP contribution in [0.25, 0.3) is 0 Å². The Hall–Kier alpha value is -1.52. The summed E-state index contributed by atoms with van der Waals surface area (Å²) in [5.41, 5.74) is 1.36. The van der Waals surface area contributed by atoms with Crippen LogP contribution in [-0.2, 0) is 15.8 Å². The molecule has 0 unspecified atom stereocenters. The first-order chi connectivity index (χ1) is 8.99. The molecule has 2 aromatic carbocycles. The highest BCUT2D eigenvalue weighted by molar-refractivity contribution is 7.92. The Morgan fingerprint density at radius 2 is 1.58 bits per heavy atom. The van der Waals surface area contributed by atoms with Gasteiger partial charge in [-0.25, -0.2) is 8.42 Å². The molecule has 100 valence electrons. The quantitative estimate of drug-likeness (QED) is 0.868. The molecule has 0 saturated heterocycles. The lowest BCUT2D eigenvalue weighted by Gasteiger charge is -2.19. The standard InChI is InChI=1S/C14H14ClNO2S/c1-16(14-5-3-2-4-6-14)19(17,18)11-12-7-9-13(15)10-8-12/h2-10H,11H2,1H3. The molecule has 0 amide bonds. The molecule has 5 heteroatoms. The Balaban J connectivity index is 2.21. The lowest BCUT2D eigenvalue weighted by atomic mass is 10.2. The van der Waals surface area contributed by atoms with E-state index < -0.39 is 10.0 Å². The molecule has 0 spiro atoms. The molecule has 0 radical (unpaired) electrons. The van der Waals surface area contributed by atoms with Gasteiger partial charge in [0, 0.05) is 12.1 Å². The van der Waals surface area contributed by atoms with Crippen LogP contribution in [0.4, 0.5) is 5.69 Å². The van der Waals surface area contributed by atoms with Crippen LogP contribution >= 0.6 is 11.6 Å². The molecule has 19 heavy (non-hydrogen) atoms. The number of sulfonamides is 1. The highest BCUT2D eigenvalue weighted by Crippen LogP contribution is 2.19. The summed E-state index contributed by atoms with van der Waals surface area (Å²) in [6, 6.07) is 15.8. The molecule has 0 fully saturated rings. The Labute approximate surface area is 118 Å². The fourth-order valence-electron chi connectivity index (χ4n) is 1.69. The van der Waals surface area contributed by atoms with E-state index in [2.05, 4.69) is 0 Å². The Kier molecular flexibility index (Phi) is 4.12. The van der Waals surface area contributed by atoms with E-state index in [1.165, 1.54) is 4.31 Å². The molecule has 0 N–H and O–H groups in total. The van der Waals surface area contributed by atoms with Crippen molar-refractivity contribution in [3.8, 4) is 0 Å². The summed E-state index contributed by atoms with van der Waals surface area (Å²) in [7, 11) is -1.83. The molecule has 0 heterocycles. The number of hydrogen-bond acceptors (Lipinski definition) is 2. The van der Waals surface area contributed by atoms with Crippen LogP contribution in [0.3, 0.4) is 0 Å². The maximum absolute atomic E-state index is 12.3. The minimum absolute atomic E-state index is 0.0461. The summed E-state index contributed by atoms with van der Waals surface area (Å²) in [5.74, 6) is -0.0461. The summed E-state index contributed by atoms with van der Waals surface area (Å²) < 4.78 is 25.8. The van der Waals surface area contributed by atoms with Crippen LogP contribution in [0.2, 0.25) is 5.02 Å². The van der Waals surface area contributed by atoms with Gasteiger partial charge in [-0.3, -0.25) is 4.31 Å². The average molecular weight is 296 g/mol. The van der Waals surface area contributed by atoms with Crippen molar-refractivity contribution in [1.82, 2.24) is 0 Å². The topological polar surface area (TPSA) is 37.4 Å². The zero-order valence-corrected chi connectivity index (χ0v) is 12.0. The van der Waals surface area contributed by atoms with Gasteiger partial charge in [-0.2, -0.15) is 0 Å². The third kappa shape index (κ3) is 3.49. The predicted octanol–water partition coefficient (Wildman–Crippen LogP) is 3.31. The number of anilines is 1. The molecular weight excluding hydrogens is 282 g/mol. The fraction of sp³-hybridized carbons (Fsp3) is 0.143. The Bertz CT molecular complexity index is 639. The number of benzene rings is 2. The van der Waals surface area contributed by atoms with E-state index >= 15 is 0 Å². The second kappa shape index (κ2) is 5.63. The molecule has 0 aliphatic heterocycles. The number of hydrogen-bond donors (Lipinski definition) is 0. The lowest BCUT2D eigenvalue weighted by molar-refractivity contribution is 0.593. The first kappa shape index (κ1) is 13.9. The summed E-state index contributed by atoms with van der Waals surface area (Å²) in [5, 5.41) is 0.595. The van der Waals surface area contributed by atoms with E-state index in [9.17, 15) is 8.42 Å². The van der Waals surface area contributed by atoms with E-state index in [1.54, 1.807) is 43.4 Å². The van der Waals surface area contributed by atoms with E-state index in [0.717, 1.165) is 0 Å². The first-order valence-corrected chi connectivity index (χ1v) is 7.74. The molecule has 0 aromatic heterocycles. The Morgan fingerprint density at radius 1 is 1.00 bits per heavy atom. The second-order valence-electron chi connectivity index (χ2n) is 4.19. The third-order valence-corrected chi connectivity index (χ3v) is 4.79. The molecule has 2 aromatic rings. The zero-order chi connectivity index (χ0) is 13.9. The Morgan fingerprint density at radius 3 is 2.16 bits per heavy atom. The molecular formula is C14H14ClNO2S. The van der Waals surface area contributed by atoms with Gasteiger partial charge >= 0.3 is 0 Å². The third-order valence-electron chi connectivity index (χ3n) is 2.80. The van der Waals surface area contributed by atoms with E-state index in [4.69, 9.17) is 11.6 Å². The number of rotatable bonds is 4. The highest BCUT2D eigenvalue weighted by atomic mass is 35.5. The van der Waals surface area contributed by atoms with Crippen LogP contribution in [0.5, 0.6) is 0 Å². The highest BCUT2D eigenvalue weighted by Gasteiger charge is 2.18. The smallest absolute Gasteiger partial charge is 0.239 e. The molecule has 3 nitrogen and oxygen atoms in total. The normalized spacial score (nSPS) is 11.3. The van der Waals surface area contributed by atoms with Crippen molar-refractivity contribution in [3.05, 3.63) is 65.2 Å². The van der Waals surface area contributed by atoms with E-state index in [1.807, 2.05) is 18.2 Å². The van der Waals surface area contributed by atoms with Crippen LogP contribution in [0.15, 0.2) is 54.6 Å². The average Bonchev–Trinajstić information content (AvgIpc) is 2.41. The van der Waals surface area contributed by atoms with Gasteiger partial charge in [0.05, 0.1) is 11.4 Å². The van der Waals surface area contributed by atoms with Gasteiger partial charge < -0.3 is 0 Å². The van der Waals surface area contributed by atoms with Crippen molar-refractivity contribution >= 4 is 27.3 Å². The van der Waals surface area contributed by atoms with Gasteiger partial charge in [-0.1, -0.05) is 41.9 Å². The van der Waals surface area contributed by atoms with Crippen molar-refractivity contribution in [2.75, 3.05) is 11.4 Å². The van der Waals surface area contributed by atoms with Crippen LogP contribution in [-0.4, -0.2) is 15.5 Å². The predicted molar refractivity (Wildman–Crippen MR) is 78.9 cm³/mol. The molecule has 0 aliphatic carbocycles. The monoisotopic (exact) mass is 295 g/mol. The van der Waals surface area contributed by atoms with Crippen molar-refractivity contribution < 1.29 is 8.42 Å². The van der Waals surface area contributed by atoms with Gasteiger partial charge in [-0.05, 0) is 29.8 Å². The molecule has 0 aliphatic rings. The van der Waals surface area contributed by atoms with Gasteiger partial charge in [-0.15, -0.1) is 0 Å². The summed E-state index contributed by atoms with van der Waals surface area (Å²) in [6.07, 6.45) is 0. The summed E-state index contributed by atoms with van der Waals surface area (Å²) >= 11 is 5.78. The van der Waals surface area contributed by atoms with Crippen LogP contribution in [0.1, 0.15) is 5.56 Å². The van der Waals surface area contributed by atoms with Crippen molar-refractivity contribution in [3.63, 3.8) is 0 Å². The van der Waals surface area contributed by atoms with Crippen LogP contribution in [0, 0.1) is 0 Å². The lowest BCUT2D eigenvalue weighted by Crippen LogP contribution is -2.27. The second-order valence-corrected chi connectivity index (χ2v) is 6.62. The zero-order valence-electron chi connectivity index (χ0n) is 10.5. The fourth-order valence-corrected chi connectivity index (χ4v) is 3.06. The number of nitrogens with zero attached hydrogens (tertiary/aromatic N) is 1. The van der Waals surface area contributed by atoms with Crippen molar-refractivity contribution in [2.24, 2.45) is 0 Å². The van der Waals surface area contributed by atoms with Gasteiger partial charge in [0.15, 0.2) is 0 Å². The number of halogens is 1. The maximum atomic E-state index is 12.3. The molecule has 2 rings (SSSR count). The summed E-state index contributed by atoms with van der Waals surface area (Å²) in [6.45, 7) is 0. The van der Waals surface area contributed by atoms with E-state index in [0.29, 0.717) is 16.3 Å². The SMILES string of the molecule is CN(c1ccccc1)S(=O)(=O)Cc1ccc(Cl)cc1. The minimum Gasteiger partial charge on any atom is -0.273 e. The van der Waals surface area contributed by atoms with Gasteiger partial charge in [0.25, 0.3) is 0 Å². The summed E-state index contributed by atoms with van der Waals surface area (Å²) in [4.78, 5) is 0. The maximum Gasteiger partial charge on any atom is 0.239 e. The van der Waals surface area contributed by atoms with Crippen molar-refractivity contribution in [1.29, 1.82) is 0 Å². The number of para-hydroxylation sites is 1. The first-order valence-electron chi connectivity index (χ1n) is 5.75. The van der Waals surface area contributed by atoms with Gasteiger partial charge in [0.1, 0.15) is 0 Å². The largest absolute Gasteiger partial charge is 0.273 e. The molecule has 0 atom stereocenters. The van der Waals surface area contributed by atoms with Crippen molar-refractivity contribution in [2.45, 2.75) is 5.75 Å². The minimum atomic E-state index is -3.39. The van der Waals surface area contributed by atoms with E-state index in [-0.39, 0.29) is 5.75 Å². The molecule has 0 saturated carbocycles. The van der Waals surface area contributed by atoms with Crippen LogP contribution < -0.4 is 4.31 Å².